The van der Waals surface area contributed by atoms with Crippen LogP contribution in [0.2, 0.25) is 0 Å². The molecule has 21 heavy (non-hydrogen) atoms. The van der Waals surface area contributed by atoms with E-state index in [2.05, 4.69) is 11.8 Å². The summed E-state index contributed by atoms with van der Waals surface area (Å²) in [5.74, 6) is 4.73. The standard InChI is InChI=1S/C16H18FNO3/c17-13-5-4-12(3-1-2-9-19)15(11-13)16(21)18(8-10-20)14-6-7-14/h4-5,11,14,19-20H,2,6-10H2. The summed E-state index contributed by atoms with van der Waals surface area (Å²) in [6.07, 6.45) is 2.12. The molecule has 5 heteroatoms. The molecule has 1 fully saturated rings. The fourth-order valence-corrected chi connectivity index (χ4v) is 2.11. The third-order valence-corrected chi connectivity index (χ3v) is 3.26. The summed E-state index contributed by atoms with van der Waals surface area (Å²) in [5, 5.41) is 17.8. The van der Waals surface area contributed by atoms with Crippen LogP contribution in [0.3, 0.4) is 0 Å². The number of aliphatic hydroxyl groups is 2. The molecule has 2 N–H and O–H groups in total. The zero-order valence-electron chi connectivity index (χ0n) is 11.7. The van der Waals surface area contributed by atoms with Crippen molar-refractivity contribution in [1.29, 1.82) is 0 Å². The van der Waals surface area contributed by atoms with Crippen LogP contribution in [-0.4, -0.2) is 46.8 Å². The lowest BCUT2D eigenvalue weighted by Crippen LogP contribution is -2.36. The van der Waals surface area contributed by atoms with Crippen LogP contribution >= 0.6 is 0 Å². The molecule has 1 amide bonds. The molecule has 0 radical (unpaired) electrons. The molecule has 1 aliphatic rings. The normalized spacial score (nSPS) is 13.5. The molecule has 0 aromatic heterocycles. The zero-order valence-corrected chi connectivity index (χ0v) is 11.7. The Morgan fingerprint density at radius 1 is 1.33 bits per heavy atom. The van der Waals surface area contributed by atoms with Crippen LogP contribution in [-0.2, 0) is 0 Å². The van der Waals surface area contributed by atoms with Gasteiger partial charge in [-0.2, -0.15) is 0 Å². The number of benzene rings is 1. The summed E-state index contributed by atoms with van der Waals surface area (Å²) in [6.45, 7) is 0.0583. The molecule has 1 aromatic carbocycles. The van der Waals surface area contributed by atoms with Gasteiger partial charge < -0.3 is 15.1 Å². The molecule has 0 saturated heterocycles. The van der Waals surface area contributed by atoms with E-state index in [1.54, 1.807) is 4.90 Å². The highest BCUT2D eigenvalue weighted by molar-refractivity contribution is 5.97. The van der Waals surface area contributed by atoms with Crippen LogP contribution in [0.5, 0.6) is 0 Å². The number of halogens is 1. The lowest BCUT2D eigenvalue weighted by atomic mass is 10.1. The van der Waals surface area contributed by atoms with E-state index in [1.807, 2.05) is 0 Å². The molecule has 0 atom stereocenters. The smallest absolute Gasteiger partial charge is 0.255 e. The van der Waals surface area contributed by atoms with Crippen LogP contribution in [0.1, 0.15) is 35.2 Å². The van der Waals surface area contributed by atoms with Crippen LogP contribution in [0.25, 0.3) is 0 Å². The van der Waals surface area contributed by atoms with Crippen molar-refractivity contribution < 1.29 is 19.4 Å². The summed E-state index contributed by atoms with van der Waals surface area (Å²) >= 11 is 0. The summed E-state index contributed by atoms with van der Waals surface area (Å²) in [6, 6.07) is 4.04. The van der Waals surface area contributed by atoms with Gasteiger partial charge in [-0.3, -0.25) is 4.79 Å². The molecule has 1 saturated carbocycles. The number of hydrogen-bond acceptors (Lipinski definition) is 3. The summed E-state index contributed by atoms with van der Waals surface area (Å²) in [5.41, 5.74) is 0.652. The molecular weight excluding hydrogens is 273 g/mol. The molecule has 0 aliphatic heterocycles. The van der Waals surface area contributed by atoms with Crippen molar-refractivity contribution in [2.24, 2.45) is 0 Å². The Bertz CT molecular complexity index is 573. The Labute approximate surface area is 123 Å². The van der Waals surface area contributed by atoms with E-state index in [-0.39, 0.29) is 37.3 Å². The number of amides is 1. The van der Waals surface area contributed by atoms with Crippen molar-refractivity contribution in [3.8, 4) is 11.8 Å². The highest BCUT2D eigenvalue weighted by atomic mass is 19.1. The first-order chi connectivity index (χ1) is 10.2. The number of nitrogens with zero attached hydrogens (tertiary/aromatic N) is 1. The van der Waals surface area contributed by atoms with Gasteiger partial charge in [0.25, 0.3) is 5.91 Å². The van der Waals surface area contributed by atoms with E-state index in [1.165, 1.54) is 18.2 Å². The van der Waals surface area contributed by atoms with E-state index in [9.17, 15) is 9.18 Å². The topological polar surface area (TPSA) is 60.8 Å². The third kappa shape index (κ3) is 4.03. The molecule has 112 valence electrons. The molecule has 1 aromatic rings. The zero-order chi connectivity index (χ0) is 15.2. The minimum atomic E-state index is -0.495. The summed E-state index contributed by atoms with van der Waals surface area (Å²) in [7, 11) is 0. The van der Waals surface area contributed by atoms with E-state index in [4.69, 9.17) is 10.2 Å². The first-order valence-corrected chi connectivity index (χ1v) is 6.98. The Morgan fingerprint density at radius 3 is 2.71 bits per heavy atom. The average molecular weight is 291 g/mol. The van der Waals surface area contributed by atoms with Gasteiger partial charge >= 0.3 is 0 Å². The van der Waals surface area contributed by atoms with Crippen molar-refractivity contribution in [2.75, 3.05) is 19.8 Å². The molecule has 4 nitrogen and oxygen atoms in total. The number of aliphatic hydroxyl groups excluding tert-OH is 2. The van der Waals surface area contributed by atoms with Crippen LogP contribution in [0.4, 0.5) is 4.39 Å². The van der Waals surface area contributed by atoms with Gasteiger partial charge in [0, 0.05) is 24.6 Å². The molecular formula is C16H18FNO3. The van der Waals surface area contributed by atoms with Crippen molar-refractivity contribution in [2.45, 2.75) is 25.3 Å². The first-order valence-electron chi connectivity index (χ1n) is 6.98. The summed E-state index contributed by atoms with van der Waals surface area (Å²) in [4.78, 5) is 14.1. The molecule has 0 unspecified atom stereocenters. The van der Waals surface area contributed by atoms with E-state index in [0.29, 0.717) is 12.0 Å². The second kappa shape index (κ2) is 7.21. The first kappa shape index (κ1) is 15.5. The van der Waals surface area contributed by atoms with Gasteiger partial charge in [-0.15, -0.1) is 0 Å². The van der Waals surface area contributed by atoms with Crippen molar-refractivity contribution in [3.05, 3.63) is 35.1 Å². The SMILES string of the molecule is O=C(c1cc(F)ccc1C#CCCO)N(CCO)C1CC1. The van der Waals surface area contributed by atoms with E-state index in [0.717, 1.165) is 12.8 Å². The van der Waals surface area contributed by atoms with Gasteiger partial charge in [0.05, 0.1) is 18.8 Å². The van der Waals surface area contributed by atoms with Gasteiger partial charge in [0.15, 0.2) is 0 Å². The Morgan fingerprint density at radius 2 is 2.10 bits per heavy atom. The number of rotatable bonds is 5. The minimum Gasteiger partial charge on any atom is -0.395 e. The van der Waals surface area contributed by atoms with Crippen molar-refractivity contribution in [3.63, 3.8) is 0 Å². The van der Waals surface area contributed by atoms with E-state index < -0.39 is 5.82 Å². The van der Waals surface area contributed by atoms with Gasteiger partial charge in [0.2, 0.25) is 0 Å². The lowest BCUT2D eigenvalue weighted by Gasteiger charge is -2.22. The van der Waals surface area contributed by atoms with Crippen LogP contribution in [0, 0.1) is 17.7 Å². The fourth-order valence-electron chi connectivity index (χ4n) is 2.11. The minimum absolute atomic E-state index is 0.0593. The Kier molecular flexibility index (Phi) is 5.32. The quantitative estimate of drug-likeness (QED) is 0.800. The highest BCUT2D eigenvalue weighted by Crippen LogP contribution is 2.28. The number of carbonyl (C=O) groups excluding carboxylic acids is 1. The molecule has 2 rings (SSSR count). The van der Waals surface area contributed by atoms with Crippen molar-refractivity contribution in [1.82, 2.24) is 4.90 Å². The largest absolute Gasteiger partial charge is 0.395 e. The fraction of sp³-hybridized carbons (Fsp3) is 0.438. The molecule has 0 heterocycles. The molecule has 0 spiro atoms. The Balaban J connectivity index is 2.30. The van der Waals surface area contributed by atoms with E-state index >= 15 is 0 Å². The molecule has 1 aliphatic carbocycles. The van der Waals surface area contributed by atoms with Crippen LogP contribution < -0.4 is 0 Å². The maximum absolute atomic E-state index is 13.5. The number of hydrogen-bond donors (Lipinski definition) is 2. The summed E-state index contributed by atoms with van der Waals surface area (Å²) < 4.78 is 13.5. The van der Waals surface area contributed by atoms with Crippen molar-refractivity contribution >= 4 is 5.91 Å². The highest BCUT2D eigenvalue weighted by Gasteiger charge is 2.33. The maximum Gasteiger partial charge on any atom is 0.255 e. The maximum atomic E-state index is 13.5. The predicted octanol–water partition coefficient (Wildman–Crippen LogP) is 1.16. The Hall–Kier alpha value is -1.90. The lowest BCUT2D eigenvalue weighted by molar-refractivity contribution is 0.0707. The third-order valence-electron chi connectivity index (χ3n) is 3.26. The second-order valence-corrected chi connectivity index (χ2v) is 4.92. The second-order valence-electron chi connectivity index (χ2n) is 4.92. The average Bonchev–Trinajstić information content (AvgIpc) is 3.30. The van der Waals surface area contributed by atoms with Gasteiger partial charge in [0.1, 0.15) is 5.82 Å². The predicted molar refractivity (Wildman–Crippen MR) is 76.1 cm³/mol. The monoisotopic (exact) mass is 291 g/mol. The molecule has 0 bridgehead atoms. The van der Waals surface area contributed by atoms with Gasteiger partial charge in [-0.25, -0.2) is 4.39 Å². The van der Waals surface area contributed by atoms with Crippen LogP contribution in [0.15, 0.2) is 18.2 Å². The van der Waals surface area contributed by atoms with Gasteiger partial charge in [-0.05, 0) is 31.0 Å². The number of carbonyl (C=O) groups is 1. The van der Waals surface area contributed by atoms with Gasteiger partial charge in [-0.1, -0.05) is 11.8 Å².